The number of likely N-dealkylation sites (N-methyl/N-ethyl adjacent to an activating group) is 1. The van der Waals surface area contributed by atoms with Crippen LogP contribution in [0.2, 0.25) is 0 Å². The minimum Gasteiger partial charge on any atom is -0.355 e. The first-order valence-electron chi connectivity index (χ1n) is 7.85. The van der Waals surface area contributed by atoms with E-state index in [-0.39, 0.29) is 18.9 Å². The van der Waals surface area contributed by atoms with E-state index in [1.54, 1.807) is 13.8 Å². The summed E-state index contributed by atoms with van der Waals surface area (Å²) < 4.78 is 25.4. The van der Waals surface area contributed by atoms with Gasteiger partial charge in [0.15, 0.2) is 0 Å². The molecule has 0 unspecified atom stereocenters. The Morgan fingerprint density at radius 1 is 1.29 bits per heavy atom. The van der Waals surface area contributed by atoms with Gasteiger partial charge in [-0.25, -0.2) is 8.42 Å². The molecule has 1 aliphatic heterocycles. The van der Waals surface area contributed by atoms with Gasteiger partial charge in [-0.15, -0.1) is 0 Å². The Balaban J connectivity index is 2.22. The standard InChI is InChI=1S/C16H23N3O4S/c1-4-17-15(20)11(2)18-16(21)14-9-12-7-5-6-8-13(12)10-19(14)24(3,22)23/h5-8,11,14H,4,9-10H2,1-3H3,(H,17,20)(H,18,21)/t11-,14-/m1/s1. The first kappa shape index (κ1) is 18.4. The van der Waals surface area contributed by atoms with Crippen molar-refractivity contribution >= 4 is 21.8 Å². The maximum absolute atomic E-state index is 12.6. The molecule has 8 heteroatoms. The van der Waals surface area contributed by atoms with Gasteiger partial charge >= 0.3 is 0 Å². The first-order chi connectivity index (χ1) is 11.2. The number of nitrogens with zero attached hydrogens (tertiary/aromatic N) is 1. The number of amides is 2. The van der Waals surface area contributed by atoms with Crippen molar-refractivity contribution < 1.29 is 18.0 Å². The second kappa shape index (κ2) is 7.31. The third kappa shape index (κ3) is 4.12. The van der Waals surface area contributed by atoms with Crippen molar-refractivity contribution in [3.63, 3.8) is 0 Å². The molecule has 1 heterocycles. The Kier molecular flexibility index (Phi) is 5.61. The second-order valence-corrected chi connectivity index (χ2v) is 7.86. The van der Waals surface area contributed by atoms with Crippen LogP contribution >= 0.6 is 0 Å². The molecule has 0 saturated heterocycles. The summed E-state index contributed by atoms with van der Waals surface area (Å²) in [6.45, 7) is 3.98. The van der Waals surface area contributed by atoms with Gasteiger partial charge in [-0.2, -0.15) is 4.31 Å². The second-order valence-electron chi connectivity index (χ2n) is 5.92. The lowest BCUT2D eigenvalue weighted by Crippen LogP contribution is -2.55. The van der Waals surface area contributed by atoms with E-state index in [4.69, 9.17) is 0 Å². The van der Waals surface area contributed by atoms with Gasteiger partial charge in [0.2, 0.25) is 21.8 Å². The Morgan fingerprint density at radius 2 is 1.92 bits per heavy atom. The minimum atomic E-state index is -3.56. The van der Waals surface area contributed by atoms with Crippen LogP contribution in [-0.2, 0) is 32.6 Å². The molecule has 0 aromatic heterocycles. The number of benzene rings is 1. The number of nitrogens with one attached hydrogen (secondary N) is 2. The van der Waals surface area contributed by atoms with Gasteiger partial charge in [0.25, 0.3) is 0 Å². The lowest BCUT2D eigenvalue weighted by Gasteiger charge is -2.34. The molecule has 2 rings (SSSR count). The Morgan fingerprint density at radius 3 is 2.50 bits per heavy atom. The van der Waals surface area contributed by atoms with Crippen LogP contribution in [0.3, 0.4) is 0 Å². The zero-order valence-corrected chi connectivity index (χ0v) is 14.9. The number of sulfonamides is 1. The van der Waals surface area contributed by atoms with Gasteiger partial charge in [0.05, 0.1) is 6.26 Å². The largest absolute Gasteiger partial charge is 0.355 e. The van der Waals surface area contributed by atoms with Crippen LogP contribution in [0.4, 0.5) is 0 Å². The highest BCUT2D eigenvalue weighted by Crippen LogP contribution is 2.25. The number of fused-ring (bicyclic) bond motifs is 1. The van der Waals surface area contributed by atoms with Gasteiger partial charge in [-0.1, -0.05) is 24.3 Å². The fourth-order valence-electron chi connectivity index (χ4n) is 2.77. The SMILES string of the molecule is CCNC(=O)[C@@H](C)NC(=O)[C@H]1Cc2ccccc2CN1S(C)(=O)=O. The summed E-state index contributed by atoms with van der Waals surface area (Å²) in [6, 6.07) is 5.88. The highest BCUT2D eigenvalue weighted by Gasteiger charge is 2.37. The fourth-order valence-corrected chi connectivity index (χ4v) is 3.78. The first-order valence-corrected chi connectivity index (χ1v) is 9.70. The van der Waals surface area contributed by atoms with Crippen LogP contribution in [-0.4, -0.2) is 49.4 Å². The molecule has 7 nitrogen and oxygen atoms in total. The molecule has 0 saturated carbocycles. The van der Waals surface area contributed by atoms with Crippen LogP contribution in [0.15, 0.2) is 24.3 Å². The molecule has 0 bridgehead atoms. The molecule has 0 fully saturated rings. The minimum absolute atomic E-state index is 0.155. The predicted octanol–water partition coefficient (Wildman–Crippen LogP) is 0.0137. The topological polar surface area (TPSA) is 95.6 Å². The fraction of sp³-hybridized carbons (Fsp3) is 0.500. The average molecular weight is 353 g/mol. The van der Waals surface area contributed by atoms with Crippen LogP contribution in [0, 0.1) is 0 Å². The molecule has 24 heavy (non-hydrogen) atoms. The number of hydrogen-bond acceptors (Lipinski definition) is 4. The van der Waals surface area contributed by atoms with Crippen molar-refractivity contribution in [1.82, 2.24) is 14.9 Å². The third-order valence-corrected chi connectivity index (χ3v) is 5.27. The van der Waals surface area contributed by atoms with Gasteiger partial charge in [-0.05, 0) is 31.4 Å². The van der Waals surface area contributed by atoms with Gasteiger partial charge in [0.1, 0.15) is 12.1 Å². The number of carbonyl (C=O) groups excluding carboxylic acids is 2. The van der Waals surface area contributed by atoms with E-state index >= 15 is 0 Å². The Bertz CT molecular complexity index is 733. The third-order valence-electron chi connectivity index (χ3n) is 4.04. The molecule has 2 N–H and O–H groups in total. The normalized spacial score (nSPS) is 19.2. The number of hydrogen-bond donors (Lipinski definition) is 2. The van der Waals surface area contributed by atoms with Crippen molar-refractivity contribution in [3.8, 4) is 0 Å². The van der Waals surface area contributed by atoms with E-state index in [0.29, 0.717) is 6.54 Å². The molecule has 1 aliphatic rings. The molecular formula is C16H23N3O4S. The van der Waals surface area contributed by atoms with Crippen LogP contribution in [0.1, 0.15) is 25.0 Å². The zero-order valence-electron chi connectivity index (χ0n) is 14.1. The van der Waals surface area contributed by atoms with Crippen molar-refractivity contribution in [2.45, 2.75) is 38.9 Å². The molecule has 2 atom stereocenters. The van der Waals surface area contributed by atoms with E-state index < -0.39 is 28.0 Å². The molecule has 132 valence electrons. The van der Waals surface area contributed by atoms with E-state index in [9.17, 15) is 18.0 Å². The Labute approximate surface area is 142 Å². The maximum Gasteiger partial charge on any atom is 0.242 e. The van der Waals surface area contributed by atoms with Crippen LogP contribution in [0.5, 0.6) is 0 Å². The summed E-state index contributed by atoms with van der Waals surface area (Å²) in [5.74, 6) is -0.762. The molecule has 0 radical (unpaired) electrons. The average Bonchev–Trinajstić information content (AvgIpc) is 2.52. The van der Waals surface area contributed by atoms with Gasteiger partial charge in [0, 0.05) is 13.1 Å². The van der Waals surface area contributed by atoms with E-state index in [1.165, 1.54) is 4.31 Å². The van der Waals surface area contributed by atoms with Crippen molar-refractivity contribution in [3.05, 3.63) is 35.4 Å². The van der Waals surface area contributed by atoms with Gasteiger partial charge < -0.3 is 10.6 Å². The number of rotatable bonds is 5. The lowest BCUT2D eigenvalue weighted by atomic mass is 9.95. The summed E-state index contributed by atoms with van der Waals surface area (Å²) >= 11 is 0. The van der Waals surface area contributed by atoms with Crippen molar-refractivity contribution in [1.29, 1.82) is 0 Å². The highest BCUT2D eigenvalue weighted by molar-refractivity contribution is 7.88. The molecule has 0 spiro atoms. The van der Waals surface area contributed by atoms with E-state index in [0.717, 1.165) is 17.4 Å². The van der Waals surface area contributed by atoms with Crippen molar-refractivity contribution in [2.24, 2.45) is 0 Å². The molecule has 0 aliphatic carbocycles. The Hall–Kier alpha value is -1.93. The summed E-state index contributed by atoms with van der Waals surface area (Å²) in [4.78, 5) is 24.4. The lowest BCUT2D eigenvalue weighted by molar-refractivity contribution is -0.130. The monoisotopic (exact) mass is 353 g/mol. The maximum atomic E-state index is 12.6. The summed E-state index contributed by atoms with van der Waals surface area (Å²) in [5.41, 5.74) is 1.84. The van der Waals surface area contributed by atoms with Crippen LogP contribution in [0.25, 0.3) is 0 Å². The smallest absolute Gasteiger partial charge is 0.242 e. The summed E-state index contributed by atoms with van der Waals surface area (Å²) in [6.07, 6.45) is 1.38. The molecule has 1 aromatic rings. The van der Waals surface area contributed by atoms with Crippen LogP contribution < -0.4 is 10.6 Å². The highest BCUT2D eigenvalue weighted by atomic mass is 32.2. The zero-order chi connectivity index (χ0) is 17.9. The van der Waals surface area contributed by atoms with E-state index in [2.05, 4.69) is 10.6 Å². The molecular weight excluding hydrogens is 330 g/mol. The quantitative estimate of drug-likeness (QED) is 0.780. The molecule has 2 amide bonds. The van der Waals surface area contributed by atoms with E-state index in [1.807, 2.05) is 24.3 Å². The van der Waals surface area contributed by atoms with Crippen molar-refractivity contribution in [2.75, 3.05) is 12.8 Å². The summed E-state index contributed by atoms with van der Waals surface area (Å²) in [5, 5.41) is 5.24. The predicted molar refractivity (Wildman–Crippen MR) is 90.6 cm³/mol. The molecule has 1 aromatic carbocycles. The number of carbonyl (C=O) groups is 2. The summed E-state index contributed by atoms with van der Waals surface area (Å²) in [7, 11) is -3.56. The van der Waals surface area contributed by atoms with Gasteiger partial charge in [-0.3, -0.25) is 9.59 Å².